The van der Waals surface area contributed by atoms with Gasteiger partial charge >= 0.3 is 0 Å². The summed E-state index contributed by atoms with van der Waals surface area (Å²) in [5.74, 6) is 0.546. The average Bonchev–Trinajstić information content (AvgIpc) is 2.10. The molecule has 0 spiro atoms. The van der Waals surface area contributed by atoms with Gasteiger partial charge in [0.25, 0.3) is 0 Å². The van der Waals surface area contributed by atoms with E-state index in [1.165, 1.54) is 32.1 Å². The molecule has 0 aromatic heterocycles. The fourth-order valence-corrected chi connectivity index (χ4v) is 2.08. The Balaban J connectivity index is 2.56. The number of aliphatic hydroxyl groups excluding tert-OH is 1. The van der Waals surface area contributed by atoms with Crippen molar-refractivity contribution in [2.75, 3.05) is 6.61 Å². The second kappa shape index (κ2) is 3.57. The van der Waals surface area contributed by atoms with Crippen LogP contribution >= 0.6 is 0 Å². The van der Waals surface area contributed by atoms with E-state index < -0.39 is 0 Å². The van der Waals surface area contributed by atoms with Crippen molar-refractivity contribution in [3.63, 3.8) is 0 Å². The maximum Gasteiger partial charge on any atom is 0.0464 e. The predicted molar refractivity (Wildman–Crippen MR) is 47.4 cm³/mol. The van der Waals surface area contributed by atoms with Crippen molar-refractivity contribution in [1.82, 2.24) is 0 Å². The van der Waals surface area contributed by atoms with Crippen LogP contribution in [0, 0.1) is 11.3 Å². The minimum Gasteiger partial charge on any atom is -0.396 e. The maximum atomic E-state index is 9.15. The van der Waals surface area contributed by atoms with Crippen LogP contribution in [-0.4, -0.2) is 11.7 Å². The van der Waals surface area contributed by atoms with Crippen molar-refractivity contribution in [3.05, 3.63) is 0 Å². The maximum absolute atomic E-state index is 9.15. The molecule has 0 heterocycles. The van der Waals surface area contributed by atoms with Crippen LogP contribution in [0.2, 0.25) is 0 Å². The molecule has 1 heteroatoms. The molecule has 1 saturated carbocycles. The summed E-state index contributed by atoms with van der Waals surface area (Å²) in [4.78, 5) is 0. The third kappa shape index (κ3) is 2.19. The Morgan fingerprint density at radius 1 is 1.27 bits per heavy atom. The second-order valence-corrected chi connectivity index (χ2v) is 4.47. The minimum absolute atomic E-state index is 0.380. The first kappa shape index (κ1) is 9.05. The normalized spacial score (nSPS) is 31.4. The lowest BCUT2D eigenvalue weighted by Crippen LogP contribution is -2.25. The molecule has 66 valence electrons. The average molecular weight is 156 g/mol. The van der Waals surface area contributed by atoms with Crippen LogP contribution in [0.1, 0.15) is 46.0 Å². The van der Waals surface area contributed by atoms with E-state index in [2.05, 4.69) is 13.8 Å². The van der Waals surface area contributed by atoms with E-state index in [0.717, 1.165) is 0 Å². The summed E-state index contributed by atoms with van der Waals surface area (Å²) in [7, 11) is 0. The molecule has 11 heavy (non-hydrogen) atoms. The van der Waals surface area contributed by atoms with Crippen LogP contribution < -0.4 is 0 Å². The SMILES string of the molecule is CC1(C)CCCCCC1CO. The van der Waals surface area contributed by atoms with E-state index in [-0.39, 0.29) is 0 Å². The highest BCUT2D eigenvalue weighted by Gasteiger charge is 2.29. The van der Waals surface area contributed by atoms with Crippen molar-refractivity contribution in [3.8, 4) is 0 Å². The molecule has 1 nitrogen and oxygen atoms in total. The fourth-order valence-electron chi connectivity index (χ4n) is 2.08. The Bertz CT molecular complexity index is 118. The van der Waals surface area contributed by atoms with Gasteiger partial charge in [0.2, 0.25) is 0 Å². The Kier molecular flexibility index (Phi) is 2.94. The van der Waals surface area contributed by atoms with E-state index in [1.807, 2.05) is 0 Å². The lowest BCUT2D eigenvalue weighted by molar-refractivity contribution is 0.110. The molecule has 1 fully saturated rings. The Labute approximate surface area is 69.8 Å². The second-order valence-electron chi connectivity index (χ2n) is 4.47. The Hall–Kier alpha value is -0.0400. The third-order valence-corrected chi connectivity index (χ3v) is 3.20. The molecule has 1 N–H and O–H groups in total. The van der Waals surface area contributed by atoms with E-state index in [1.54, 1.807) is 0 Å². The summed E-state index contributed by atoms with van der Waals surface area (Å²) < 4.78 is 0. The zero-order chi connectivity index (χ0) is 8.32. The molecule has 0 aromatic carbocycles. The molecule has 0 radical (unpaired) electrons. The molecule has 0 bridgehead atoms. The highest BCUT2D eigenvalue weighted by Crippen LogP contribution is 2.38. The Morgan fingerprint density at radius 3 is 2.64 bits per heavy atom. The highest BCUT2D eigenvalue weighted by molar-refractivity contribution is 4.80. The van der Waals surface area contributed by atoms with E-state index >= 15 is 0 Å². The minimum atomic E-state index is 0.380. The van der Waals surface area contributed by atoms with E-state index in [9.17, 15) is 0 Å². The zero-order valence-electron chi connectivity index (χ0n) is 7.77. The Morgan fingerprint density at radius 2 is 2.00 bits per heavy atom. The molecule has 1 rings (SSSR count). The smallest absolute Gasteiger partial charge is 0.0464 e. The van der Waals surface area contributed by atoms with Gasteiger partial charge in [-0.15, -0.1) is 0 Å². The van der Waals surface area contributed by atoms with Gasteiger partial charge in [-0.2, -0.15) is 0 Å². The fraction of sp³-hybridized carbons (Fsp3) is 1.00. The van der Waals surface area contributed by atoms with Gasteiger partial charge in [-0.3, -0.25) is 0 Å². The first-order valence-electron chi connectivity index (χ1n) is 4.77. The lowest BCUT2D eigenvalue weighted by atomic mass is 9.76. The number of hydrogen-bond donors (Lipinski definition) is 1. The summed E-state index contributed by atoms with van der Waals surface area (Å²) >= 11 is 0. The number of aliphatic hydroxyl groups is 1. The van der Waals surface area contributed by atoms with Gasteiger partial charge in [-0.25, -0.2) is 0 Å². The van der Waals surface area contributed by atoms with Crippen molar-refractivity contribution >= 4 is 0 Å². The highest BCUT2D eigenvalue weighted by atomic mass is 16.3. The van der Waals surface area contributed by atoms with Gasteiger partial charge < -0.3 is 5.11 Å². The molecule has 0 aliphatic heterocycles. The number of rotatable bonds is 1. The van der Waals surface area contributed by atoms with Crippen molar-refractivity contribution in [2.45, 2.75) is 46.0 Å². The van der Waals surface area contributed by atoms with Crippen LogP contribution in [0.15, 0.2) is 0 Å². The van der Waals surface area contributed by atoms with Gasteiger partial charge in [0.1, 0.15) is 0 Å². The molecule has 1 aliphatic rings. The first-order chi connectivity index (χ1) is 5.17. The van der Waals surface area contributed by atoms with Crippen LogP contribution in [0.3, 0.4) is 0 Å². The molecular weight excluding hydrogens is 136 g/mol. The van der Waals surface area contributed by atoms with Crippen LogP contribution in [0.4, 0.5) is 0 Å². The lowest BCUT2D eigenvalue weighted by Gasteiger charge is -2.31. The van der Waals surface area contributed by atoms with Crippen LogP contribution in [0.5, 0.6) is 0 Å². The monoisotopic (exact) mass is 156 g/mol. The summed E-state index contributed by atoms with van der Waals surface area (Å²) in [6, 6.07) is 0. The van der Waals surface area contributed by atoms with Crippen LogP contribution in [-0.2, 0) is 0 Å². The standard InChI is InChI=1S/C10H20O/c1-10(2)7-5-3-4-6-9(10)8-11/h9,11H,3-8H2,1-2H3. The van der Waals surface area contributed by atoms with E-state index in [4.69, 9.17) is 5.11 Å². The molecule has 1 unspecified atom stereocenters. The summed E-state index contributed by atoms with van der Waals surface area (Å²) in [6.07, 6.45) is 6.54. The summed E-state index contributed by atoms with van der Waals surface area (Å²) in [5.41, 5.74) is 0.380. The molecule has 0 saturated heterocycles. The number of hydrogen-bond acceptors (Lipinski definition) is 1. The summed E-state index contributed by atoms with van der Waals surface area (Å²) in [5, 5.41) is 9.15. The van der Waals surface area contributed by atoms with Crippen molar-refractivity contribution in [1.29, 1.82) is 0 Å². The quantitative estimate of drug-likeness (QED) is 0.578. The third-order valence-electron chi connectivity index (χ3n) is 3.20. The van der Waals surface area contributed by atoms with E-state index in [0.29, 0.717) is 17.9 Å². The largest absolute Gasteiger partial charge is 0.396 e. The van der Waals surface area contributed by atoms with Crippen molar-refractivity contribution in [2.24, 2.45) is 11.3 Å². The molecule has 1 atom stereocenters. The van der Waals surface area contributed by atoms with Gasteiger partial charge in [-0.1, -0.05) is 33.1 Å². The summed E-state index contributed by atoms with van der Waals surface area (Å²) in [6.45, 7) is 4.96. The van der Waals surface area contributed by atoms with Crippen LogP contribution in [0.25, 0.3) is 0 Å². The molecule has 1 aliphatic carbocycles. The predicted octanol–water partition coefficient (Wildman–Crippen LogP) is 2.59. The van der Waals surface area contributed by atoms with Gasteiger partial charge in [0.05, 0.1) is 0 Å². The van der Waals surface area contributed by atoms with Gasteiger partial charge in [0, 0.05) is 6.61 Å². The first-order valence-corrected chi connectivity index (χ1v) is 4.77. The topological polar surface area (TPSA) is 20.2 Å². The molecule has 0 amide bonds. The molecular formula is C10H20O. The van der Waals surface area contributed by atoms with Gasteiger partial charge in [0.15, 0.2) is 0 Å². The molecule has 0 aromatic rings. The van der Waals surface area contributed by atoms with Crippen molar-refractivity contribution < 1.29 is 5.11 Å². The zero-order valence-corrected chi connectivity index (χ0v) is 7.77. The van der Waals surface area contributed by atoms with Gasteiger partial charge in [-0.05, 0) is 24.2 Å².